The van der Waals surface area contributed by atoms with Crippen LogP contribution in [-0.4, -0.2) is 28.4 Å². The minimum Gasteiger partial charge on any atom is -0.338 e. The molecule has 1 aromatic heterocycles. The molecule has 20 heavy (non-hydrogen) atoms. The molecule has 1 aliphatic heterocycles. The van der Waals surface area contributed by atoms with Gasteiger partial charge in [0.25, 0.3) is 0 Å². The van der Waals surface area contributed by atoms with Crippen LogP contribution in [0.2, 0.25) is 0 Å². The third-order valence-electron chi connectivity index (χ3n) is 4.72. The highest BCUT2D eigenvalue weighted by Gasteiger charge is 2.64. The van der Waals surface area contributed by atoms with E-state index in [9.17, 15) is 4.79 Å². The van der Waals surface area contributed by atoms with Crippen molar-refractivity contribution in [3.63, 3.8) is 0 Å². The molecule has 1 aromatic rings. The van der Waals surface area contributed by atoms with Crippen molar-refractivity contribution in [2.45, 2.75) is 39.7 Å². The molecule has 0 aromatic carbocycles. The maximum atomic E-state index is 11.9. The molecule has 1 aliphatic carbocycles. The molecular formula is C17H20N2O. The molecule has 2 fully saturated rings. The van der Waals surface area contributed by atoms with Gasteiger partial charge >= 0.3 is 0 Å². The monoisotopic (exact) mass is 268 g/mol. The molecule has 3 rings (SSSR count). The summed E-state index contributed by atoms with van der Waals surface area (Å²) in [4.78, 5) is 18.3. The van der Waals surface area contributed by atoms with Crippen LogP contribution in [0, 0.1) is 30.1 Å². The molecule has 0 radical (unpaired) electrons. The average Bonchev–Trinajstić information content (AvgIpc) is 3.09. The van der Waals surface area contributed by atoms with Crippen LogP contribution in [0.3, 0.4) is 0 Å². The van der Waals surface area contributed by atoms with Gasteiger partial charge in [-0.05, 0) is 44.2 Å². The van der Waals surface area contributed by atoms with Crippen molar-refractivity contribution in [2.75, 3.05) is 6.54 Å². The van der Waals surface area contributed by atoms with Gasteiger partial charge in [0.1, 0.15) is 5.69 Å². The first-order chi connectivity index (χ1) is 9.56. The van der Waals surface area contributed by atoms with Crippen molar-refractivity contribution < 1.29 is 4.79 Å². The number of carbonyl (C=O) groups is 1. The van der Waals surface area contributed by atoms with E-state index < -0.39 is 0 Å². The summed E-state index contributed by atoms with van der Waals surface area (Å²) in [6.45, 7) is 6.92. The van der Waals surface area contributed by atoms with Crippen molar-refractivity contribution in [3.8, 4) is 11.8 Å². The van der Waals surface area contributed by atoms with Gasteiger partial charge in [-0.2, -0.15) is 0 Å². The third-order valence-corrected chi connectivity index (χ3v) is 4.72. The topological polar surface area (TPSA) is 33.2 Å². The average molecular weight is 268 g/mol. The number of carbonyl (C=O) groups excluding carboxylic acids is 1. The fraction of sp³-hybridized carbons (Fsp3) is 0.529. The Labute approximate surface area is 120 Å². The number of fused-ring (bicyclic) bond motifs is 1. The van der Waals surface area contributed by atoms with Crippen LogP contribution in [0.4, 0.5) is 0 Å². The Bertz CT molecular complexity index is 613. The van der Waals surface area contributed by atoms with Gasteiger partial charge < -0.3 is 4.90 Å². The number of amides is 1. The Hall–Kier alpha value is -1.82. The summed E-state index contributed by atoms with van der Waals surface area (Å²) in [5.74, 6) is 7.46. The fourth-order valence-electron chi connectivity index (χ4n) is 3.33. The van der Waals surface area contributed by atoms with Gasteiger partial charge in [-0.1, -0.05) is 18.9 Å². The van der Waals surface area contributed by atoms with E-state index in [2.05, 4.69) is 23.7 Å². The summed E-state index contributed by atoms with van der Waals surface area (Å²) in [6, 6.07) is 6.14. The molecule has 0 N–H and O–H groups in total. The molecule has 2 aliphatic rings. The van der Waals surface area contributed by atoms with E-state index in [1.807, 2.05) is 36.9 Å². The quantitative estimate of drug-likeness (QED) is 0.733. The second-order valence-electron chi connectivity index (χ2n) is 5.93. The van der Waals surface area contributed by atoms with E-state index in [-0.39, 0.29) is 17.4 Å². The Balaban J connectivity index is 1.81. The molecule has 1 saturated heterocycles. The van der Waals surface area contributed by atoms with E-state index in [1.165, 1.54) is 0 Å². The van der Waals surface area contributed by atoms with E-state index in [0.29, 0.717) is 12.3 Å². The van der Waals surface area contributed by atoms with Crippen molar-refractivity contribution in [3.05, 3.63) is 29.6 Å². The van der Waals surface area contributed by atoms with Gasteiger partial charge in [0.2, 0.25) is 5.91 Å². The number of aryl methyl sites for hydroxylation is 1. The summed E-state index contributed by atoms with van der Waals surface area (Å²) in [7, 11) is 0. The van der Waals surface area contributed by atoms with E-state index >= 15 is 0 Å². The van der Waals surface area contributed by atoms with Crippen LogP contribution in [0.1, 0.15) is 38.1 Å². The lowest BCUT2D eigenvalue weighted by atomic mass is 9.98. The zero-order chi connectivity index (χ0) is 14.3. The summed E-state index contributed by atoms with van der Waals surface area (Å²) >= 11 is 0. The molecule has 1 saturated carbocycles. The molecule has 3 nitrogen and oxygen atoms in total. The van der Waals surface area contributed by atoms with Gasteiger partial charge in [0.05, 0.1) is 5.41 Å². The number of pyridine rings is 1. The number of aromatic nitrogens is 1. The number of rotatable bonds is 1. The van der Waals surface area contributed by atoms with Crippen LogP contribution in [0.5, 0.6) is 0 Å². The minimum absolute atomic E-state index is 0.0241. The van der Waals surface area contributed by atoms with Crippen LogP contribution >= 0.6 is 0 Å². The van der Waals surface area contributed by atoms with Crippen molar-refractivity contribution in [1.82, 2.24) is 9.88 Å². The third kappa shape index (κ3) is 2.00. The summed E-state index contributed by atoms with van der Waals surface area (Å²) < 4.78 is 0. The highest BCUT2D eigenvalue weighted by molar-refractivity contribution is 5.77. The standard InChI is InChI=1S/C17H20N2O/c1-4-16(20)19-11-14-10-17(14,13(19)3)9-8-15-7-5-6-12(2)18-15/h5-7,13-14H,4,10-11H2,1-3H3. The minimum atomic E-state index is 0.0241. The summed E-state index contributed by atoms with van der Waals surface area (Å²) in [6.07, 6.45) is 1.71. The molecule has 104 valence electrons. The van der Waals surface area contributed by atoms with Crippen LogP contribution in [0.25, 0.3) is 0 Å². The van der Waals surface area contributed by atoms with Crippen molar-refractivity contribution in [2.24, 2.45) is 11.3 Å². The van der Waals surface area contributed by atoms with Crippen LogP contribution in [-0.2, 0) is 4.79 Å². The number of hydrogen-bond donors (Lipinski definition) is 0. The molecule has 0 spiro atoms. The van der Waals surface area contributed by atoms with Gasteiger partial charge in [-0.3, -0.25) is 4.79 Å². The number of hydrogen-bond acceptors (Lipinski definition) is 2. The first kappa shape index (κ1) is 13.2. The summed E-state index contributed by atoms with van der Waals surface area (Å²) in [5, 5.41) is 0. The Morgan fingerprint density at radius 2 is 2.35 bits per heavy atom. The maximum Gasteiger partial charge on any atom is 0.222 e. The lowest BCUT2D eigenvalue weighted by Crippen LogP contribution is -2.38. The van der Waals surface area contributed by atoms with Crippen LogP contribution in [0.15, 0.2) is 18.2 Å². The lowest BCUT2D eigenvalue weighted by Gasteiger charge is -2.26. The van der Waals surface area contributed by atoms with E-state index in [4.69, 9.17) is 0 Å². The van der Waals surface area contributed by atoms with Crippen LogP contribution < -0.4 is 0 Å². The van der Waals surface area contributed by atoms with Gasteiger partial charge in [-0.15, -0.1) is 0 Å². The van der Waals surface area contributed by atoms with E-state index in [0.717, 1.165) is 24.4 Å². The second kappa shape index (κ2) is 4.63. The lowest BCUT2D eigenvalue weighted by molar-refractivity contribution is -0.132. The predicted octanol–water partition coefficient (Wildman–Crippen LogP) is 2.39. The molecule has 2 heterocycles. The predicted molar refractivity (Wildman–Crippen MR) is 77.9 cm³/mol. The summed E-state index contributed by atoms with van der Waals surface area (Å²) in [5.41, 5.74) is 1.84. The second-order valence-corrected chi connectivity index (χ2v) is 5.93. The zero-order valence-corrected chi connectivity index (χ0v) is 12.3. The largest absolute Gasteiger partial charge is 0.338 e. The first-order valence-electron chi connectivity index (χ1n) is 7.33. The molecular weight excluding hydrogens is 248 g/mol. The fourth-order valence-corrected chi connectivity index (χ4v) is 3.33. The molecule has 1 amide bonds. The number of piperidine rings is 1. The number of nitrogens with zero attached hydrogens (tertiary/aromatic N) is 2. The SMILES string of the molecule is CCC(=O)N1CC2CC2(C#Cc2cccc(C)n2)C1C. The van der Waals surface area contributed by atoms with E-state index in [1.54, 1.807) is 0 Å². The van der Waals surface area contributed by atoms with Gasteiger partial charge in [-0.25, -0.2) is 4.98 Å². The number of likely N-dealkylation sites (tertiary alicyclic amines) is 1. The normalized spacial score (nSPS) is 30.4. The molecule has 3 atom stereocenters. The Morgan fingerprint density at radius 1 is 1.55 bits per heavy atom. The smallest absolute Gasteiger partial charge is 0.222 e. The molecule has 0 bridgehead atoms. The molecule has 3 heteroatoms. The zero-order valence-electron chi connectivity index (χ0n) is 12.3. The highest BCUT2D eigenvalue weighted by atomic mass is 16.2. The van der Waals surface area contributed by atoms with Crippen molar-refractivity contribution >= 4 is 5.91 Å². The molecule has 3 unspecified atom stereocenters. The van der Waals surface area contributed by atoms with Gasteiger partial charge in [0.15, 0.2) is 0 Å². The Kier molecular flexibility index (Phi) is 3.05. The Morgan fingerprint density at radius 3 is 3.05 bits per heavy atom. The maximum absolute atomic E-state index is 11.9. The van der Waals surface area contributed by atoms with Gasteiger partial charge in [0, 0.05) is 24.7 Å². The highest BCUT2D eigenvalue weighted by Crippen LogP contribution is 2.61. The van der Waals surface area contributed by atoms with Crippen molar-refractivity contribution in [1.29, 1.82) is 0 Å². The first-order valence-corrected chi connectivity index (χ1v) is 7.33.